The van der Waals surface area contributed by atoms with Gasteiger partial charge >= 0.3 is 10.3 Å². The summed E-state index contributed by atoms with van der Waals surface area (Å²) in [6.07, 6.45) is 2.42. The highest BCUT2D eigenvalue weighted by Crippen LogP contribution is 2.57. The fourth-order valence-corrected chi connectivity index (χ4v) is 6.77. The van der Waals surface area contributed by atoms with Gasteiger partial charge in [-0.3, -0.25) is 9.59 Å². The summed E-state index contributed by atoms with van der Waals surface area (Å²) in [4.78, 5) is 30.9. The molecule has 12 heteroatoms. The third-order valence-electron chi connectivity index (χ3n) is 7.94. The number of ketones is 1. The Morgan fingerprint density at radius 1 is 1.26 bits per heavy atom. The van der Waals surface area contributed by atoms with Gasteiger partial charge in [0.1, 0.15) is 11.9 Å². The number of hydrogen-bond donors (Lipinski definition) is 2. The molecule has 0 bridgehead atoms. The van der Waals surface area contributed by atoms with E-state index in [9.17, 15) is 18.0 Å². The number of carbonyl (C=O) groups is 2. The van der Waals surface area contributed by atoms with Crippen LogP contribution in [0.3, 0.4) is 0 Å². The second kappa shape index (κ2) is 10.5. The van der Waals surface area contributed by atoms with E-state index < -0.39 is 33.3 Å². The molecule has 1 aliphatic heterocycles. The highest BCUT2D eigenvalue weighted by atomic mass is 35.5. The number of nitrogens with one attached hydrogen (secondary N) is 2. The Hall–Kier alpha value is -2.47. The van der Waals surface area contributed by atoms with Gasteiger partial charge in [0.2, 0.25) is 11.8 Å². The van der Waals surface area contributed by atoms with E-state index in [-0.39, 0.29) is 24.2 Å². The van der Waals surface area contributed by atoms with Gasteiger partial charge in [-0.25, -0.2) is 13.9 Å². The minimum Gasteiger partial charge on any atom is -0.488 e. The number of aromatic nitrogens is 1. The van der Waals surface area contributed by atoms with Gasteiger partial charge in [0, 0.05) is 30.8 Å². The van der Waals surface area contributed by atoms with Crippen LogP contribution in [-0.4, -0.2) is 56.0 Å². The largest absolute Gasteiger partial charge is 0.488 e. The number of fused-ring (bicyclic) bond motifs is 1. The summed E-state index contributed by atoms with van der Waals surface area (Å²) in [7, 11) is -4.25. The fourth-order valence-electron chi connectivity index (χ4n) is 5.38. The number of halogens is 1. The molecule has 5 rings (SSSR count). The van der Waals surface area contributed by atoms with E-state index in [1.54, 1.807) is 19.1 Å². The molecule has 1 aromatic heterocycles. The number of rotatable bonds is 12. The molecule has 2 N–H and O–H groups in total. The lowest BCUT2D eigenvalue weighted by atomic mass is 9.91. The number of amides is 1. The Labute approximate surface area is 233 Å². The van der Waals surface area contributed by atoms with Crippen molar-refractivity contribution in [2.45, 2.75) is 77.0 Å². The molecule has 3 aliphatic rings. The van der Waals surface area contributed by atoms with Crippen molar-refractivity contribution in [3.8, 4) is 11.6 Å². The molecule has 0 spiro atoms. The number of benzene rings is 1. The van der Waals surface area contributed by atoms with Gasteiger partial charge < -0.3 is 14.8 Å². The zero-order chi connectivity index (χ0) is 28.0. The van der Waals surface area contributed by atoms with E-state index in [0.717, 1.165) is 5.39 Å². The Morgan fingerprint density at radius 2 is 2.03 bits per heavy atom. The molecule has 1 amide bonds. The molecule has 212 valence electrons. The Kier molecular flexibility index (Phi) is 7.56. The van der Waals surface area contributed by atoms with Crippen LogP contribution in [0.5, 0.6) is 11.6 Å². The van der Waals surface area contributed by atoms with Crippen LogP contribution in [0.4, 0.5) is 0 Å². The second-order valence-electron chi connectivity index (χ2n) is 11.0. The molecule has 10 nitrogen and oxygen atoms in total. The highest BCUT2D eigenvalue weighted by molar-refractivity contribution is 7.85. The zero-order valence-electron chi connectivity index (χ0n) is 22.3. The molecule has 4 atom stereocenters. The zero-order valence-corrected chi connectivity index (χ0v) is 23.9. The standard InChI is InChI=1S/C27H34ClN3O7S/c1-4-16-13-27(16,25(33)31-39(34,35)38-26(3)9-10-26)14-21(32)20-11-17(15-29-20)37-22-12-23(36-5-2)30-24-18(22)7-6-8-19(24)28/h6-8,12,16-17,20,29H,4-5,9-11,13-15H2,1-3H3,(H,31,33)/t16-,17-,20+,27-/m1/s1. The fraction of sp³-hybridized carbons (Fsp3) is 0.593. The summed E-state index contributed by atoms with van der Waals surface area (Å²) in [5.74, 6) is 0.0864. The summed E-state index contributed by atoms with van der Waals surface area (Å²) in [6, 6.07) is 6.64. The summed E-state index contributed by atoms with van der Waals surface area (Å²) in [6.45, 7) is 6.35. The molecule has 2 heterocycles. The van der Waals surface area contributed by atoms with Crippen molar-refractivity contribution in [3.63, 3.8) is 0 Å². The summed E-state index contributed by atoms with van der Waals surface area (Å²) >= 11 is 6.37. The van der Waals surface area contributed by atoms with Crippen molar-refractivity contribution in [3.05, 3.63) is 29.3 Å². The molecule has 1 saturated heterocycles. The number of para-hydroxylation sites is 1. The van der Waals surface area contributed by atoms with Crippen LogP contribution in [-0.2, 0) is 24.1 Å². The minimum absolute atomic E-state index is 0.0448. The number of Topliss-reactive ketones (excluding diaryl/α,β-unsaturated/α-hetero) is 1. The first kappa shape index (κ1) is 28.1. The van der Waals surface area contributed by atoms with Crippen LogP contribution >= 0.6 is 11.6 Å². The first-order valence-electron chi connectivity index (χ1n) is 13.4. The summed E-state index contributed by atoms with van der Waals surface area (Å²) < 4.78 is 43.9. The number of nitrogens with zero attached hydrogens (tertiary/aromatic N) is 1. The van der Waals surface area contributed by atoms with Crippen LogP contribution in [0.25, 0.3) is 10.9 Å². The summed E-state index contributed by atoms with van der Waals surface area (Å²) in [5, 5.41) is 4.43. The van der Waals surface area contributed by atoms with Gasteiger partial charge in [0.15, 0.2) is 5.78 Å². The predicted molar refractivity (Wildman–Crippen MR) is 145 cm³/mol. The number of hydrogen-bond acceptors (Lipinski definition) is 9. The van der Waals surface area contributed by atoms with Gasteiger partial charge in [-0.1, -0.05) is 31.0 Å². The lowest BCUT2D eigenvalue weighted by Gasteiger charge is -2.20. The average molecular weight is 580 g/mol. The molecule has 2 aromatic rings. The minimum atomic E-state index is -4.25. The molecule has 2 aliphatic carbocycles. The van der Waals surface area contributed by atoms with Crippen LogP contribution in [0, 0.1) is 11.3 Å². The van der Waals surface area contributed by atoms with Crippen LogP contribution in [0.1, 0.15) is 59.3 Å². The van der Waals surface area contributed by atoms with Gasteiger partial charge in [-0.2, -0.15) is 8.42 Å². The van der Waals surface area contributed by atoms with Crippen LogP contribution in [0.15, 0.2) is 24.3 Å². The Morgan fingerprint density at radius 3 is 2.69 bits per heavy atom. The smallest absolute Gasteiger partial charge is 0.362 e. The van der Waals surface area contributed by atoms with Gasteiger partial charge in [-0.15, -0.1) is 0 Å². The number of ether oxygens (including phenoxy) is 2. The quantitative estimate of drug-likeness (QED) is 0.386. The van der Waals surface area contributed by atoms with Crippen molar-refractivity contribution in [1.82, 2.24) is 15.0 Å². The monoisotopic (exact) mass is 579 g/mol. The van der Waals surface area contributed by atoms with E-state index in [4.69, 9.17) is 25.3 Å². The molecule has 1 aromatic carbocycles. The van der Waals surface area contributed by atoms with Gasteiger partial charge in [-0.05, 0) is 51.2 Å². The van der Waals surface area contributed by atoms with E-state index in [0.29, 0.717) is 67.4 Å². The van der Waals surface area contributed by atoms with Crippen molar-refractivity contribution < 1.29 is 31.7 Å². The van der Waals surface area contributed by atoms with Crippen molar-refractivity contribution in [2.24, 2.45) is 11.3 Å². The molecule has 0 unspecified atom stereocenters. The molecule has 39 heavy (non-hydrogen) atoms. The third-order valence-corrected chi connectivity index (χ3v) is 9.31. The van der Waals surface area contributed by atoms with Crippen LogP contribution < -0.4 is 19.5 Å². The van der Waals surface area contributed by atoms with E-state index in [1.807, 2.05) is 26.0 Å². The summed E-state index contributed by atoms with van der Waals surface area (Å²) in [5.41, 5.74) is -1.22. The van der Waals surface area contributed by atoms with E-state index in [1.165, 1.54) is 0 Å². The third kappa shape index (κ3) is 6.01. The Bertz CT molecular complexity index is 1400. The highest BCUT2D eigenvalue weighted by Gasteiger charge is 2.61. The second-order valence-corrected chi connectivity index (χ2v) is 12.7. The van der Waals surface area contributed by atoms with Gasteiger partial charge in [0.05, 0.1) is 34.2 Å². The van der Waals surface area contributed by atoms with E-state index in [2.05, 4.69) is 15.0 Å². The molecule has 0 radical (unpaired) electrons. The SMILES string of the molecule is CCOc1cc(O[C@H]2CN[C@H](C(=O)C[C@]3(C(=O)NS(=O)(=O)OC4(C)CC4)C[C@H]3CC)C2)c2cccc(Cl)c2n1. The molecule has 3 fully saturated rings. The lowest BCUT2D eigenvalue weighted by Crippen LogP contribution is -2.42. The molecule has 2 saturated carbocycles. The average Bonchev–Trinajstić information content (AvgIpc) is 3.72. The first-order valence-corrected chi connectivity index (χ1v) is 15.2. The molecular formula is C27H34ClN3O7S. The van der Waals surface area contributed by atoms with E-state index >= 15 is 0 Å². The van der Waals surface area contributed by atoms with Crippen LogP contribution in [0.2, 0.25) is 5.02 Å². The predicted octanol–water partition coefficient (Wildman–Crippen LogP) is 3.70. The number of carbonyl (C=O) groups excluding carboxylic acids is 2. The topological polar surface area (TPSA) is 133 Å². The number of pyridine rings is 1. The lowest BCUT2D eigenvalue weighted by molar-refractivity contribution is -0.131. The van der Waals surface area contributed by atoms with Crippen molar-refractivity contribution >= 4 is 44.5 Å². The molecular weight excluding hydrogens is 546 g/mol. The maximum absolute atomic E-state index is 13.3. The normalized spacial score (nSPS) is 27.2. The maximum Gasteiger partial charge on any atom is 0.362 e. The van der Waals surface area contributed by atoms with Gasteiger partial charge in [0.25, 0.3) is 0 Å². The Balaban J connectivity index is 1.25. The van der Waals surface area contributed by atoms with Crippen molar-refractivity contribution in [2.75, 3.05) is 13.2 Å². The first-order chi connectivity index (χ1) is 18.5. The maximum atomic E-state index is 13.3. The van der Waals surface area contributed by atoms with Crippen molar-refractivity contribution in [1.29, 1.82) is 0 Å².